The summed E-state index contributed by atoms with van der Waals surface area (Å²) in [7, 11) is 2.01. The summed E-state index contributed by atoms with van der Waals surface area (Å²) in [6, 6.07) is 10.6. The van der Waals surface area contributed by atoms with Gasteiger partial charge in [-0.2, -0.15) is 0 Å². The monoisotopic (exact) mass is 290 g/mol. The van der Waals surface area contributed by atoms with Crippen LogP contribution < -0.4 is 0 Å². The van der Waals surface area contributed by atoms with Gasteiger partial charge in [-0.3, -0.25) is 4.90 Å². The SMILES string of the molecule is Cn1cccc1CN(Cc1ccc(F)cc1)CC(C)(C)O. The number of benzene rings is 1. The Hall–Kier alpha value is -1.65. The molecule has 0 aliphatic heterocycles. The van der Waals surface area contributed by atoms with Crippen molar-refractivity contribution in [2.75, 3.05) is 6.54 Å². The van der Waals surface area contributed by atoms with Crippen LogP contribution in [0.2, 0.25) is 0 Å². The predicted molar refractivity (Wildman–Crippen MR) is 82.2 cm³/mol. The standard InChI is InChI=1S/C17H23FN2O/c1-17(2,21)13-20(12-16-5-4-10-19(16)3)11-14-6-8-15(18)9-7-14/h4-10,21H,11-13H2,1-3H3. The fourth-order valence-electron chi connectivity index (χ4n) is 2.45. The maximum atomic E-state index is 13.0. The summed E-state index contributed by atoms with van der Waals surface area (Å²) in [6.45, 7) is 5.57. The van der Waals surface area contributed by atoms with E-state index in [1.165, 1.54) is 17.8 Å². The molecule has 2 rings (SSSR count). The minimum absolute atomic E-state index is 0.227. The smallest absolute Gasteiger partial charge is 0.123 e. The molecule has 1 aromatic carbocycles. The van der Waals surface area contributed by atoms with Crippen LogP contribution in [0.1, 0.15) is 25.1 Å². The van der Waals surface area contributed by atoms with Gasteiger partial charge in [-0.1, -0.05) is 12.1 Å². The van der Waals surface area contributed by atoms with E-state index >= 15 is 0 Å². The molecule has 0 fully saturated rings. The number of aryl methyl sites for hydroxylation is 1. The lowest BCUT2D eigenvalue weighted by atomic mass is 10.1. The lowest BCUT2D eigenvalue weighted by Crippen LogP contribution is -2.38. The van der Waals surface area contributed by atoms with Gasteiger partial charge in [0.1, 0.15) is 5.82 Å². The summed E-state index contributed by atoms with van der Waals surface area (Å²) in [4.78, 5) is 2.17. The van der Waals surface area contributed by atoms with Crippen LogP contribution in [0.5, 0.6) is 0 Å². The molecule has 0 aliphatic rings. The van der Waals surface area contributed by atoms with Crippen LogP contribution in [0.3, 0.4) is 0 Å². The molecule has 0 amide bonds. The van der Waals surface area contributed by atoms with Gasteiger partial charge in [0.05, 0.1) is 5.60 Å². The predicted octanol–water partition coefficient (Wildman–Crippen LogP) is 2.94. The fraction of sp³-hybridized carbons (Fsp3) is 0.412. The van der Waals surface area contributed by atoms with Gasteiger partial charge in [0.25, 0.3) is 0 Å². The van der Waals surface area contributed by atoms with Gasteiger partial charge in [-0.15, -0.1) is 0 Å². The Kier molecular flexibility index (Phi) is 4.80. The van der Waals surface area contributed by atoms with Crippen molar-refractivity contribution in [3.8, 4) is 0 Å². The van der Waals surface area contributed by atoms with E-state index in [-0.39, 0.29) is 5.82 Å². The molecule has 0 unspecified atom stereocenters. The van der Waals surface area contributed by atoms with Crippen LogP contribution in [0.25, 0.3) is 0 Å². The van der Waals surface area contributed by atoms with E-state index in [1.807, 2.05) is 19.3 Å². The van der Waals surface area contributed by atoms with Gasteiger partial charge in [-0.25, -0.2) is 4.39 Å². The maximum absolute atomic E-state index is 13.0. The average Bonchev–Trinajstić information content (AvgIpc) is 2.76. The Bertz CT molecular complexity index is 569. The van der Waals surface area contributed by atoms with Crippen LogP contribution in [0.15, 0.2) is 42.6 Å². The Morgan fingerprint density at radius 3 is 2.33 bits per heavy atom. The highest BCUT2D eigenvalue weighted by atomic mass is 19.1. The van der Waals surface area contributed by atoms with Gasteiger partial charge in [-0.05, 0) is 43.7 Å². The third kappa shape index (κ3) is 4.99. The highest BCUT2D eigenvalue weighted by molar-refractivity contribution is 5.16. The molecule has 1 heterocycles. The van der Waals surface area contributed by atoms with Crippen molar-refractivity contribution in [2.24, 2.45) is 7.05 Å². The van der Waals surface area contributed by atoms with E-state index in [0.717, 1.165) is 12.1 Å². The molecule has 2 aromatic rings. The Labute approximate surface area is 125 Å². The molecular weight excluding hydrogens is 267 g/mol. The topological polar surface area (TPSA) is 28.4 Å². The van der Waals surface area contributed by atoms with Crippen LogP contribution in [0.4, 0.5) is 4.39 Å². The fourth-order valence-corrected chi connectivity index (χ4v) is 2.45. The first-order valence-corrected chi connectivity index (χ1v) is 7.13. The zero-order valence-electron chi connectivity index (χ0n) is 12.9. The maximum Gasteiger partial charge on any atom is 0.123 e. The number of aliphatic hydroxyl groups is 1. The molecule has 114 valence electrons. The first-order valence-electron chi connectivity index (χ1n) is 7.13. The van der Waals surface area contributed by atoms with E-state index in [9.17, 15) is 9.50 Å². The summed E-state index contributed by atoms with van der Waals surface area (Å²) >= 11 is 0. The average molecular weight is 290 g/mol. The molecule has 0 saturated carbocycles. The minimum Gasteiger partial charge on any atom is -0.389 e. The summed E-state index contributed by atoms with van der Waals surface area (Å²) in [5.74, 6) is -0.227. The van der Waals surface area contributed by atoms with E-state index in [0.29, 0.717) is 13.1 Å². The number of aromatic nitrogens is 1. The summed E-state index contributed by atoms with van der Waals surface area (Å²) < 4.78 is 15.1. The summed E-state index contributed by atoms with van der Waals surface area (Å²) in [6.07, 6.45) is 2.01. The third-order valence-corrected chi connectivity index (χ3v) is 3.37. The lowest BCUT2D eigenvalue weighted by Gasteiger charge is -2.29. The van der Waals surface area contributed by atoms with Gasteiger partial charge < -0.3 is 9.67 Å². The van der Waals surface area contributed by atoms with E-state index in [4.69, 9.17) is 0 Å². The summed E-state index contributed by atoms with van der Waals surface area (Å²) in [5.41, 5.74) is 1.45. The number of nitrogens with zero attached hydrogens (tertiary/aromatic N) is 2. The molecule has 0 radical (unpaired) electrons. The van der Waals surface area contributed by atoms with Crippen LogP contribution in [-0.4, -0.2) is 26.7 Å². The molecule has 1 aromatic heterocycles. The van der Waals surface area contributed by atoms with Crippen LogP contribution >= 0.6 is 0 Å². The molecule has 0 bridgehead atoms. The molecule has 0 saturated heterocycles. The molecule has 0 spiro atoms. The van der Waals surface area contributed by atoms with E-state index in [1.54, 1.807) is 26.0 Å². The summed E-state index contributed by atoms with van der Waals surface area (Å²) in [5, 5.41) is 10.1. The van der Waals surface area contributed by atoms with Gasteiger partial charge in [0, 0.05) is 38.6 Å². The third-order valence-electron chi connectivity index (χ3n) is 3.37. The van der Waals surface area contributed by atoms with Crippen molar-refractivity contribution >= 4 is 0 Å². The largest absolute Gasteiger partial charge is 0.389 e. The van der Waals surface area contributed by atoms with Crippen molar-refractivity contribution in [3.63, 3.8) is 0 Å². The molecule has 1 N–H and O–H groups in total. The highest BCUT2D eigenvalue weighted by Crippen LogP contribution is 2.14. The quantitative estimate of drug-likeness (QED) is 0.886. The zero-order valence-corrected chi connectivity index (χ0v) is 12.9. The normalized spacial score (nSPS) is 12.1. The van der Waals surface area contributed by atoms with E-state index < -0.39 is 5.60 Å². The van der Waals surface area contributed by atoms with Crippen LogP contribution in [-0.2, 0) is 20.1 Å². The van der Waals surface area contributed by atoms with Gasteiger partial charge >= 0.3 is 0 Å². The molecule has 3 nitrogen and oxygen atoms in total. The number of hydrogen-bond donors (Lipinski definition) is 1. The molecular formula is C17H23FN2O. The van der Waals surface area contributed by atoms with E-state index in [2.05, 4.69) is 15.5 Å². The Morgan fingerprint density at radius 2 is 1.81 bits per heavy atom. The number of rotatable bonds is 6. The second kappa shape index (κ2) is 6.41. The second-order valence-corrected chi connectivity index (χ2v) is 6.19. The van der Waals surface area contributed by atoms with Crippen molar-refractivity contribution in [3.05, 3.63) is 59.7 Å². The number of hydrogen-bond acceptors (Lipinski definition) is 2. The first-order chi connectivity index (χ1) is 9.83. The molecule has 0 atom stereocenters. The molecule has 21 heavy (non-hydrogen) atoms. The molecule has 4 heteroatoms. The highest BCUT2D eigenvalue weighted by Gasteiger charge is 2.19. The van der Waals surface area contributed by atoms with Crippen molar-refractivity contribution in [1.82, 2.24) is 9.47 Å². The Balaban J connectivity index is 2.12. The molecule has 0 aliphatic carbocycles. The lowest BCUT2D eigenvalue weighted by molar-refractivity contribution is 0.0300. The van der Waals surface area contributed by atoms with Gasteiger partial charge in [0.15, 0.2) is 0 Å². The minimum atomic E-state index is -0.773. The first kappa shape index (κ1) is 15.7. The van der Waals surface area contributed by atoms with Crippen molar-refractivity contribution < 1.29 is 9.50 Å². The van der Waals surface area contributed by atoms with Crippen molar-refractivity contribution in [1.29, 1.82) is 0 Å². The van der Waals surface area contributed by atoms with Gasteiger partial charge in [0.2, 0.25) is 0 Å². The van der Waals surface area contributed by atoms with Crippen LogP contribution in [0, 0.1) is 5.82 Å². The van der Waals surface area contributed by atoms with Crippen molar-refractivity contribution in [2.45, 2.75) is 32.5 Å². The second-order valence-electron chi connectivity index (χ2n) is 6.19. The number of halogens is 1. The zero-order chi connectivity index (χ0) is 15.5. The Morgan fingerprint density at radius 1 is 1.14 bits per heavy atom.